The quantitative estimate of drug-likeness (QED) is 0.349. The third kappa shape index (κ3) is 6.18. The molecular formula is C33H33F. The standard InChI is InChI=1S/C33H33F/c1-23-5-9-27(10-6-23)13-14-29-15-16-31(33(34)22-29)17-18-32-25(3)19-30(20-26(32)4)21-28-11-7-24(2)8-12-28/h5-6,9-10,15-16,19-20,22,24,28H,7-8,11-12,21H2,1-4H3. The number of halogens is 1. The molecule has 0 N–H and O–H groups in total. The van der Waals surface area contributed by atoms with Crippen LogP contribution in [0.25, 0.3) is 0 Å². The Labute approximate surface area is 204 Å². The zero-order valence-electron chi connectivity index (χ0n) is 20.8. The summed E-state index contributed by atoms with van der Waals surface area (Å²) in [6.45, 7) is 8.64. The van der Waals surface area contributed by atoms with E-state index in [2.05, 4.69) is 56.6 Å². The van der Waals surface area contributed by atoms with Crippen molar-refractivity contribution in [2.24, 2.45) is 11.8 Å². The van der Waals surface area contributed by atoms with Crippen molar-refractivity contribution in [1.82, 2.24) is 0 Å². The maximum Gasteiger partial charge on any atom is 0.140 e. The van der Waals surface area contributed by atoms with Crippen molar-refractivity contribution in [3.8, 4) is 23.7 Å². The Bertz CT molecular complexity index is 1260. The third-order valence-electron chi connectivity index (χ3n) is 6.95. The highest BCUT2D eigenvalue weighted by Crippen LogP contribution is 2.31. The van der Waals surface area contributed by atoms with Crippen molar-refractivity contribution in [3.63, 3.8) is 0 Å². The summed E-state index contributed by atoms with van der Waals surface area (Å²) < 4.78 is 14.7. The summed E-state index contributed by atoms with van der Waals surface area (Å²) in [5.41, 5.74) is 7.92. The molecule has 1 saturated carbocycles. The molecule has 0 atom stereocenters. The van der Waals surface area contributed by atoms with Crippen molar-refractivity contribution >= 4 is 0 Å². The second-order valence-electron chi connectivity index (χ2n) is 10.00. The van der Waals surface area contributed by atoms with Gasteiger partial charge in [-0.15, -0.1) is 0 Å². The molecule has 0 radical (unpaired) electrons. The second kappa shape index (κ2) is 10.8. The number of rotatable bonds is 2. The summed E-state index contributed by atoms with van der Waals surface area (Å²) in [4.78, 5) is 0. The molecule has 1 fully saturated rings. The van der Waals surface area contributed by atoms with Crippen LogP contribution in [0.5, 0.6) is 0 Å². The molecule has 0 bridgehead atoms. The molecule has 172 valence electrons. The highest BCUT2D eigenvalue weighted by atomic mass is 19.1. The van der Waals surface area contributed by atoms with Crippen molar-refractivity contribution in [2.75, 3.05) is 0 Å². The molecule has 3 aromatic carbocycles. The summed E-state index contributed by atoms with van der Waals surface area (Å²) in [7, 11) is 0. The number of hydrogen-bond acceptors (Lipinski definition) is 0. The molecule has 1 heteroatoms. The Kier molecular flexibility index (Phi) is 7.55. The first-order valence-electron chi connectivity index (χ1n) is 12.4. The van der Waals surface area contributed by atoms with Gasteiger partial charge in [-0.3, -0.25) is 0 Å². The van der Waals surface area contributed by atoms with E-state index in [9.17, 15) is 4.39 Å². The Hall–Kier alpha value is -3.29. The molecule has 3 aromatic rings. The zero-order chi connectivity index (χ0) is 24.1. The lowest BCUT2D eigenvalue weighted by molar-refractivity contribution is 0.289. The van der Waals surface area contributed by atoms with E-state index in [0.29, 0.717) is 11.1 Å². The molecule has 0 unspecified atom stereocenters. The van der Waals surface area contributed by atoms with Gasteiger partial charge in [0.1, 0.15) is 5.82 Å². The summed E-state index contributed by atoms with van der Waals surface area (Å²) in [5.74, 6) is 13.8. The van der Waals surface area contributed by atoms with Crippen molar-refractivity contribution in [1.29, 1.82) is 0 Å². The van der Waals surface area contributed by atoms with E-state index in [-0.39, 0.29) is 5.82 Å². The van der Waals surface area contributed by atoms with Gasteiger partial charge in [0, 0.05) is 16.7 Å². The van der Waals surface area contributed by atoms with Crippen LogP contribution in [-0.2, 0) is 6.42 Å². The predicted molar refractivity (Wildman–Crippen MR) is 140 cm³/mol. The molecule has 0 nitrogen and oxygen atoms in total. The summed E-state index contributed by atoms with van der Waals surface area (Å²) in [6, 6.07) is 17.6. The largest absolute Gasteiger partial charge is 0.206 e. The summed E-state index contributed by atoms with van der Waals surface area (Å²) in [5, 5.41) is 0. The Morgan fingerprint density at radius 2 is 1.35 bits per heavy atom. The molecule has 0 amide bonds. The molecule has 0 aliphatic heterocycles. The van der Waals surface area contributed by atoms with E-state index >= 15 is 0 Å². The Morgan fingerprint density at radius 1 is 0.735 bits per heavy atom. The Balaban J connectivity index is 1.48. The fourth-order valence-electron chi connectivity index (χ4n) is 4.84. The fraction of sp³-hybridized carbons (Fsp3) is 0.333. The van der Waals surface area contributed by atoms with Gasteiger partial charge in [0.25, 0.3) is 0 Å². The van der Waals surface area contributed by atoms with Crippen LogP contribution in [0, 0.1) is 62.1 Å². The minimum atomic E-state index is -0.332. The first kappa shape index (κ1) is 23.9. The summed E-state index contributed by atoms with van der Waals surface area (Å²) >= 11 is 0. The van der Waals surface area contributed by atoms with Gasteiger partial charge >= 0.3 is 0 Å². The van der Waals surface area contributed by atoms with Crippen LogP contribution in [0.3, 0.4) is 0 Å². The van der Waals surface area contributed by atoms with Crippen molar-refractivity contribution < 1.29 is 4.39 Å². The van der Waals surface area contributed by atoms with E-state index in [1.54, 1.807) is 6.07 Å². The molecule has 0 saturated heterocycles. The first-order chi connectivity index (χ1) is 16.4. The normalized spacial score (nSPS) is 17.3. The van der Waals surface area contributed by atoms with Crippen LogP contribution in [0.1, 0.15) is 77.1 Å². The van der Waals surface area contributed by atoms with E-state index in [1.807, 2.05) is 37.3 Å². The highest BCUT2D eigenvalue weighted by molar-refractivity contribution is 5.53. The average molecular weight is 449 g/mol. The van der Waals surface area contributed by atoms with Gasteiger partial charge in [-0.1, -0.05) is 73.3 Å². The minimum absolute atomic E-state index is 0.332. The second-order valence-corrected chi connectivity index (χ2v) is 10.00. The lowest BCUT2D eigenvalue weighted by Crippen LogP contribution is -2.14. The third-order valence-corrected chi connectivity index (χ3v) is 6.95. The smallest absolute Gasteiger partial charge is 0.140 e. The topological polar surface area (TPSA) is 0 Å². The van der Waals surface area contributed by atoms with E-state index < -0.39 is 0 Å². The predicted octanol–water partition coefficient (Wildman–Crippen LogP) is 7.92. The molecule has 34 heavy (non-hydrogen) atoms. The van der Waals surface area contributed by atoms with Crippen LogP contribution in [0.4, 0.5) is 4.39 Å². The van der Waals surface area contributed by atoms with Crippen LogP contribution >= 0.6 is 0 Å². The van der Waals surface area contributed by atoms with Crippen LogP contribution in [0.2, 0.25) is 0 Å². The van der Waals surface area contributed by atoms with Crippen molar-refractivity contribution in [3.05, 3.63) is 105 Å². The molecule has 1 aliphatic carbocycles. The SMILES string of the molecule is Cc1ccc(C#Cc2ccc(C#Cc3c(C)cc(CC4CCC(C)CC4)cc3C)c(F)c2)cc1. The van der Waals surface area contributed by atoms with E-state index in [0.717, 1.165) is 29.4 Å². The maximum atomic E-state index is 14.7. The van der Waals surface area contributed by atoms with Crippen LogP contribution in [-0.4, -0.2) is 0 Å². The number of hydrogen-bond donors (Lipinski definition) is 0. The number of aryl methyl sites for hydroxylation is 3. The van der Waals surface area contributed by atoms with Crippen LogP contribution in [0.15, 0.2) is 54.6 Å². The zero-order valence-corrected chi connectivity index (χ0v) is 20.8. The molecule has 0 spiro atoms. The van der Waals surface area contributed by atoms with Gasteiger partial charge < -0.3 is 0 Å². The molecular weight excluding hydrogens is 415 g/mol. The molecule has 4 rings (SSSR count). The fourth-order valence-corrected chi connectivity index (χ4v) is 4.84. The minimum Gasteiger partial charge on any atom is -0.206 e. The van der Waals surface area contributed by atoms with Gasteiger partial charge in [-0.2, -0.15) is 0 Å². The molecule has 0 heterocycles. The Morgan fingerprint density at radius 3 is 2.00 bits per heavy atom. The van der Waals surface area contributed by atoms with E-state index in [4.69, 9.17) is 0 Å². The lowest BCUT2D eigenvalue weighted by Gasteiger charge is -2.26. The number of benzene rings is 3. The average Bonchev–Trinajstić information content (AvgIpc) is 2.81. The van der Waals surface area contributed by atoms with Gasteiger partial charge in [0.15, 0.2) is 0 Å². The van der Waals surface area contributed by atoms with Crippen molar-refractivity contribution in [2.45, 2.75) is 59.8 Å². The molecule has 1 aliphatic rings. The molecule has 0 aromatic heterocycles. The van der Waals surface area contributed by atoms with Gasteiger partial charge in [-0.25, -0.2) is 4.39 Å². The summed E-state index contributed by atoms with van der Waals surface area (Å²) in [6.07, 6.45) is 6.54. The van der Waals surface area contributed by atoms with E-state index in [1.165, 1.54) is 54.0 Å². The maximum absolute atomic E-state index is 14.7. The monoisotopic (exact) mass is 448 g/mol. The lowest BCUT2D eigenvalue weighted by atomic mass is 9.79. The highest BCUT2D eigenvalue weighted by Gasteiger charge is 2.19. The first-order valence-corrected chi connectivity index (χ1v) is 12.4. The van der Waals surface area contributed by atoms with Gasteiger partial charge in [-0.05, 0) is 98.9 Å². The van der Waals surface area contributed by atoms with Crippen LogP contribution < -0.4 is 0 Å². The van der Waals surface area contributed by atoms with Gasteiger partial charge in [0.05, 0.1) is 5.56 Å². The van der Waals surface area contributed by atoms with Gasteiger partial charge in [0.2, 0.25) is 0 Å².